The maximum Gasteiger partial charge on any atom is 0.0483 e. The van der Waals surface area contributed by atoms with Crippen molar-refractivity contribution < 1.29 is 0 Å². The van der Waals surface area contributed by atoms with Crippen LogP contribution in [0.1, 0.15) is 23.6 Å². The van der Waals surface area contributed by atoms with Gasteiger partial charge in [-0.1, -0.05) is 0 Å². The van der Waals surface area contributed by atoms with Crippen molar-refractivity contribution in [3.8, 4) is 0 Å². The van der Waals surface area contributed by atoms with Crippen molar-refractivity contribution in [2.75, 3.05) is 33.7 Å². The standard InChI is InChI=1S/C14H24N4/c1-11-5-6-16-9-12(11)14(15)13-10-17(2)7-4-8-18(13)3/h5-6,9,13-14H,4,7-8,10,15H2,1-3H3. The summed E-state index contributed by atoms with van der Waals surface area (Å²) in [6, 6.07) is 2.43. The van der Waals surface area contributed by atoms with E-state index in [0.717, 1.165) is 19.6 Å². The first-order chi connectivity index (χ1) is 8.59. The molecule has 0 aliphatic carbocycles. The molecular weight excluding hydrogens is 224 g/mol. The Morgan fingerprint density at radius 3 is 2.89 bits per heavy atom. The van der Waals surface area contributed by atoms with Crippen molar-refractivity contribution in [3.05, 3.63) is 29.6 Å². The smallest absolute Gasteiger partial charge is 0.0483 e. The summed E-state index contributed by atoms with van der Waals surface area (Å²) in [5.74, 6) is 0. The highest BCUT2D eigenvalue weighted by Crippen LogP contribution is 2.22. The highest BCUT2D eigenvalue weighted by molar-refractivity contribution is 5.26. The molecule has 0 aromatic carbocycles. The Bertz CT molecular complexity index is 393. The summed E-state index contributed by atoms with van der Waals surface area (Å²) in [7, 11) is 4.35. The van der Waals surface area contributed by atoms with Crippen LogP contribution in [0, 0.1) is 6.92 Å². The molecule has 1 aromatic heterocycles. The first kappa shape index (κ1) is 13.5. The summed E-state index contributed by atoms with van der Waals surface area (Å²) in [5, 5.41) is 0. The minimum absolute atomic E-state index is 0.0317. The van der Waals surface area contributed by atoms with Crippen molar-refractivity contribution >= 4 is 0 Å². The average molecular weight is 248 g/mol. The van der Waals surface area contributed by atoms with E-state index in [1.807, 2.05) is 18.5 Å². The third-order valence-corrected chi connectivity index (χ3v) is 3.97. The number of pyridine rings is 1. The zero-order valence-electron chi connectivity index (χ0n) is 11.6. The maximum atomic E-state index is 6.48. The minimum atomic E-state index is 0.0317. The van der Waals surface area contributed by atoms with Crippen LogP contribution >= 0.6 is 0 Å². The van der Waals surface area contributed by atoms with E-state index in [0.29, 0.717) is 6.04 Å². The first-order valence-electron chi connectivity index (χ1n) is 6.64. The number of hydrogen-bond donors (Lipinski definition) is 1. The van der Waals surface area contributed by atoms with Crippen molar-refractivity contribution in [1.29, 1.82) is 0 Å². The Hall–Kier alpha value is -0.970. The highest BCUT2D eigenvalue weighted by Gasteiger charge is 2.27. The van der Waals surface area contributed by atoms with Crippen LogP contribution in [-0.4, -0.2) is 54.6 Å². The van der Waals surface area contributed by atoms with Crippen LogP contribution in [0.4, 0.5) is 0 Å². The van der Waals surface area contributed by atoms with Crippen LogP contribution in [0.15, 0.2) is 18.5 Å². The van der Waals surface area contributed by atoms with Gasteiger partial charge in [0.05, 0.1) is 0 Å². The Morgan fingerprint density at radius 2 is 2.17 bits per heavy atom. The van der Waals surface area contributed by atoms with Crippen LogP contribution in [0.3, 0.4) is 0 Å². The average Bonchev–Trinajstić information content (AvgIpc) is 2.51. The normalized spacial score (nSPS) is 24.8. The molecule has 2 N–H and O–H groups in total. The quantitative estimate of drug-likeness (QED) is 0.849. The zero-order chi connectivity index (χ0) is 13.1. The Morgan fingerprint density at radius 1 is 1.39 bits per heavy atom. The summed E-state index contributed by atoms with van der Waals surface area (Å²) in [6.07, 6.45) is 4.95. The third kappa shape index (κ3) is 2.88. The number of hydrogen-bond acceptors (Lipinski definition) is 4. The Balaban J connectivity index is 2.20. The van der Waals surface area contributed by atoms with E-state index in [1.165, 1.54) is 17.5 Å². The molecule has 2 atom stereocenters. The fourth-order valence-corrected chi connectivity index (χ4v) is 2.73. The predicted octanol–water partition coefficient (Wildman–Crippen LogP) is 1.03. The van der Waals surface area contributed by atoms with E-state index in [9.17, 15) is 0 Å². The van der Waals surface area contributed by atoms with Crippen LogP contribution in [0.25, 0.3) is 0 Å². The van der Waals surface area contributed by atoms with Gasteiger partial charge >= 0.3 is 0 Å². The van der Waals surface area contributed by atoms with Crippen LogP contribution in [0.5, 0.6) is 0 Å². The second kappa shape index (κ2) is 5.78. The first-order valence-corrected chi connectivity index (χ1v) is 6.64. The fourth-order valence-electron chi connectivity index (χ4n) is 2.73. The largest absolute Gasteiger partial charge is 0.323 e. The van der Waals surface area contributed by atoms with Gasteiger partial charge in [0.15, 0.2) is 0 Å². The van der Waals surface area contributed by atoms with Crippen molar-refractivity contribution in [2.45, 2.75) is 25.4 Å². The molecule has 1 aliphatic rings. The van der Waals surface area contributed by atoms with E-state index >= 15 is 0 Å². The molecule has 0 bridgehead atoms. The molecule has 1 aromatic rings. The predicted molar refractivity (Wildman–Crippen MR) is 74.4 cm³/mol. The van der Waals surface area contributed by atoms with Gasteiger partial charge < -0.3 is 15.5 Å². The van der Waals surface area contributed by atoms with Gasteiger partial charge in [0.2, 0.25) is 0 Å². The van der Waals surface area contributed by atoms with Gasteiger partial charge in [-0.25, -0.2) is 0 Å². The van der Waals surface area contributed by atoms with Gasteiger partial charge in [-0.3, -0.25) is 4.98 Å². The summed E-state index contributed by atoms with van der Waals surface area (Å²) < 4.78 is 0. The molecule has 0 spiro atoms. The topological polar surface area (TPSA) is 45.4 Å². The van der Waals surface area contributed by atoms with Gasteiger partial charge in [0, 0.05) is 31.0 Å². The molecule has 0 amide bonds. The van der Waals surface area contributed by atoms with Crippen molar-refractivity contribution in [2.24, 2.45) is 5.73 Å². The minimum Gasteiger partial charge on any atom is -0.323 e. The lowest BCUT2D eigenvalue weighted by Gasteiger charge is -2.33. The molecular formula is C14H24N4. The molecule has 100 valence electrons. The number of nitrogens with two attached hydrogens (primary N) is 1. The molecule has 0 radical (unpaired) electrons. The molecule has 4 nitrogen and oxygen atoms in total. The molecule has 0 saturated carbocycles. The summed E-state index contributed by atoms with van der Waals surface area (Å²) in [5.41, 5.74) is 8.89. The zero-order valence-corrected chi connectivity index (χ0v) is 11.6. The van der Waals surface area contributed by atoms with Crippen LogP contribution < -0.4 is 5.73 Å². The molecule has 4 heteroatoms. The van der Waals surface area contributed by atoms with Crippen molar-refractivity contribution in [1.82, 2.24) is 14.8 Å². The van der Waals surface area contributed by atoms with E-state index in [-0.39, 0.29) is 6.04 Å². The highest BCUT2D eigenvalue weighted by atomic mass is 15.2. The lowest BCUT2D eigenvalue weighted by atomic mass is 9.97. The summed E-state index contributed by atoms with van der Waals surface area (Å²) >= 11 is 0. The third-order valence-electron chi connectivity index (χ3n) is 3.97. The molecule has 2 rings (SSSR count). The van der Waals surface area contributed by atoms with Crippen LogP contribution in [0.2, 0.25) is 0 Å². The van der Waals surface area contributed by atoms with Gasteiger partial charge in [-0.15, -0.1) is 0 Å². The molecule has 1 fully saturated rings. The van der Waals surface area contributed by atoms with E-state index < -0.39 is 0 Å². The second-order valence-electron chi connectivity index (χ2n) is 5.42. The van der Waals surface area contributed by atoms with Gasteiger partial charge in [0.25, 0.3) is 0 Å². The van der Waals surface area contributed by atoms with Gasteiger partial charge in [-0.05, 0) is 57.7 Å². The Labute approximate surface area is 110 Å². The number of aryl methyl sites for hydroxylation is 1. The SMILES string of the molecule is Cc1ccncc1C(N)C1CN(C)CCCN1C. The molecule has 2 unspecified atom stereocenters. The lowest BCUT2D eigenvalue weighted by molar-refractivity contribution is 0.196. The van der Waals surface area contributed by atoms with Gasteiger partial charge in [-0.2, -0.15) is 0 Å². The van der Waals surface area contributed by atoms with Crippen molar-refractivity contribution in [3.63, 3.8) is 0 Å². The Kier molecular flexibility index (Phi) is 4.32. The monoisotopic (exact) mass is 248 g/mol. The number of likely N-dealkylation sites (N-methyl/N-ethyl adjacent to an activating group) is 2. The van der Waals surface area contributed by atoms with Gasteiger partial charge in [0.1, 0.15) is 0 Å². The number of aromatic nitrogens is 1. The van der Waals surface area contributed by atoms with E-state index in [2.05, 4.69) is 35.8 Å². The van der Waals surface area contributed by atoms with E-state index in [4.69, 9.17) is 5.73 Å². The molecule has 2 heterocycles. The maximum absolute atomic E-state index is 6.48. The molecule has 1 saturated heterocycles. The summed E-state index contributed by atoms with van der Waals surface area (Å²) in [6.45, 7) is 5.39. The molecule has 18 heavy (non-hydrogen) atoms. The second-order valence-corrected chi connectivity index (χ2v) is 5.42. The lowest BCUT2D eigenvalue weighted by Crippen LogP contribution is -2.45. The number of nitrogens with zero attached hydrogens (tertiary/aromatic N) is 3. The van der Waals surface area contributed by atoms with Crippen LogP contribution in [-0.2, 0) is 0 Å². The number of rotatable bonds is 2. The van der Waals surface area contributed by atoms with E-state index in [1.54, 1.807) is 0 Å². The summed E-state index contributed by atoms with van der Waals surface area (Å²) in [4.78, 5) is 8.98. The fraction of sp³-hybridized carbons (Fsp3) is 0.643. The molecule has 1 aliphatic heterocycles.